The monoisotopic (exact) mass is 522 g/mol. The first-order valence-corrected chi connectivity index (χ1v) is 12.2. The number of methoxy groups -OCH3 is 1. The van der Waals surface area contributed by atoms with Crippen LogP contribution in [0.4, 0.5) is 15.8 Å². The summed E-state index contributed by atoms with van der Waals surface area (Å²) in [6, 6.07) is 16.5. The number of halogens is 1. The molecule has 3 aromatic carbocycles. The lowest BCUT2D eigenvalue weighted by molar-refractivity contribution is -0.118. The van der Waals surface area contributed by atoms with Gasteiger partial charge < -0.3 is 14.8 Å². The fourth-order valence-electron chi connectivity index (χ4n) is 3.66. The Labute approximate surface area is 218 Å². The van der Waals surface area contributed by atoms with Gasteiger partial charge in [-0.25, -0.2) is 4.39 Å². The summed E-state index contributed by atoms with van der Waals surface area (Å²) in [5, 5.41) is 2.88. The number of amides is 2. The van der Waals surface area contributed by atoms with Gasteiger partial charge in [0.15, 0.2) is 22.4 Å². The third kappa shape index (κ3) is 5.58. The lowest BCUT2D eigenvalue weighted by atomic mass is 10.1. The molecule has 0 radical (unpaired) electrons. The quantitative estimate of drug-likeness (QED) is 0.309. The Morgan fingerprint density at radius 3 is 2.44 bits per heavy atom. The number of nitrogens with one attached hydrogen (secondary N) is 1. The molecular weight excluding hydrogens is 499 g/mol. The summed E-state index contributed by atoms with van der Waals surface area (Å²) in [6.45, 7) is 3.66. The first kappa shape index (κ1) is 25.4. The van der Waals surface area contributed by atoms with Gasteiger partial charge in [-0.05, 0) is 73.0 Å². The topological polar surface area (TPSA) is 67.9 Å². The van der Waals surface area contributed by atoms with Crippen molar-refractivity contribution >= 4 is 57.6 Å². The Morgan fingerprint density at radius 1 is 1.08 bits per heavy atom. The molecule has 184 valence electrons. The van der Waals surface area contributed by atoms with E-state index in [-0.39, 0.29) is 18.4 Å². The zero-order chi connectivity index (χ0) is 25.8. The molecule has 1 fully saturated rings. The number of anilines is 2. The van der Waals surface area contributed by atoms with Crippen molar-refractivity contribution in [3.05, 3.63) is 88.1 Å². The van der Waals surface area contributed by atoms with Crippen LogP contribution in [0.2, 0.25) is 0 Å². The van der Waals surface area contributed by atoms with Crippen molar-refractivity contribution in [1.82, 2.24) is 0 Å². The minimum Gasteiger partial charge on any atom is -0.493 e. The highest BCUT2D eigenvalue weighted by Crippen LogP contribution is 2.37. The molecule has 0 aromatic heterocycles. The molecule has 0 atom stereocenters. The fraction of sp³-hybridized carbons (Fsp3) is 0.148. The molecular formula is C27H23FN2O4S2. The third-order valence-electron chi connectivity index (χ3n) is 5.47. The van der Waals surface area contributed by atoms with E-state index in [0.717, 1.165) is 28.6 Å². The molecule has 1 N–H and O–H groups in total. The average Bonchev–Trinajstić information content (AvgIpc) is 3.13. The van der Waals surface area contributed by atoms with Crippen molar-refractivity contribution in [2.45, 2.75) is 13.8 Å². The Morgan fingerprint density at radius 2 is 1.78 bits per heavy atom. The van der Waals surface area contributed by atoms with Crippen molar-refractivity contribution in [2.75, 3.05) is 23.9 Å². The summed E-state index contributed by atoms with van der Waals surface area (Å²) >= 11 is 6.53. The molecule has 0 saturated carbocycles. The number of thiocarbonyl (C=S) groups is 1. The summed E-state index contributed by atoms with van der Waals surface area (Å²) in [5.74, 6) is -0.165. The second-order valence-electron chi connectivity index (χ2n) is 8.01. The molecule has 6 nitrogen and oxygen atoms in total. The van der Waals surface area contributed by atoms with E-state index in [1.165, 1.54) is 36.3 Å². The zero-order valence-electron chi connectivity index (χ0n) is 19.8. The number of carbonyl (C=O) groups excluding carboxylic acids is 2. The Balaban J connectivity index is 1.46. The number of thioether (sulfide) groups is 1. The van der Waals surface area contributed by atoms with Crippen molar-refractivity contribution in [1.29, 1.82) is 0 Å². The van der Waals surface area contributed by atoms with Gasteiger partial charge in [0.25, 0.3) is 11.8 Å². The number of carbonyl (C=O) groups is 2. The van der Waals surface area contributed by atoms with Gasteiger partial charge in [-0.15, -0.1) is 0 Å². The Bertz CT molecular complexity index is 1350. The Hall–Kier alpha value is -3.69. The number of rotatable bonds is 7. The van der Waals surface area contributed by atoms with Gasteiger partial charge in [0, 0.05) is 5.69 Å². The standard InChI is InChI=1S/C27H23FN2O4S2/c1-16-5-4-6-17(2)25(16)29-24(31)15-34-21-12-7-18(13-22(21)33-3)14-23-26(32)30(27(35)36-23)20-10-8-19(28)9-11-20/h4-14H,15H2,1-3H3,(H,29,31)/b23-14-. The average molecular weight is 523 g/mol. The normalized spacial score (nSPS) is 14.3. The highest BCUT2D eigenvalue weighted by molar-refractivity contribution is 8.27. The van der Waals surface area contributed by atoms with Crippen LogP contribution < -0.4 is 19.7 Å². The maximum absolute atomic E-state index is 13.3. The molecule has 1 saturated heterocycles. The van der Waals surface area contributed by atoms with E-state index in [2.05, 4.69) is 5.32 Å². The van der Waals surface area contributed by atoms with Gasteiger partial charge in [0.2, 0.25) is 0 Å². The van der Waals surface area contributed by atoms with Gasteiger partial charge in [-0.2, -0.15) is 0 Å². The molecule has 1 aliphatic heterocycles. The number of hydrogen-bond acceptors (Lipinski definition) is 6. The molecule has 4 rings (SSSR count). The van der Waals surface area contributed by atoms with Crippen molar-refractivity contribution in [3.63, 3.8) is 0 Å². The predicted octanol–water partition coefficient (Wildman–Crippen LogP) is 5.87. The molecule has 0 bridgehead atoms. The van der Waals surface area contributed by atoms with Crippen LogP contribution in [0.1, 0.15) is 16.7 Å². The minimum atomic E-state index is -0.392. The summed E-state index contributed by atoms with van der Waals surface area (Å²) in [7, 11) is 1.50. The molecule has 1 aliphatic rings. The maximum atomic E-state index is 13.3. The van der Waals surface area contributed by atoms with Gasteiger partial charge in [-0.3, -0.25) is 14.5 Å². The Kier molecular flexibility index (Phi) is 7.71. The zero-order valence-corrected chi connectivity index (χ0v) is 21.5. The van der Waals surface area contributed by atoms with Gasteiger partial charge >= 0.3 is 0 Å². The van der Waals surface area contributed by atoms with E-state index in [1.807, 2.05) is 32.0 Å². The number of aryl methyl sites for hydroxylation is 2. The first-order valence-electron chi connectivity index (χ1n) is 11.0. The minimum absolute atomic E-state index is 0.195. The highest BCUT2D eigenvalue weighted by Gasteiger charge is 2.33. The van der Waals surface area contributed by atoms with E-state index < -0.39 is 5.82 Å². The van der Waals surface area contributed by atoms with Crippen LogP contribution in [0.15, 0.2) is 65.6 Å². The SMILES string of the molecule is COc1cc(/C=C2\SC(=S)N(c3ccc(F)cc3)C2=O)ccc1OCC(=O)Nc1c(C)cccc1C. The predicted molar refractivity (Wildman–Crippen MR) is 145 cm³/mol. The number of nitrogens with zero attached hydrogens (tertiary/aromatic N) is 1. The fourth-order valence-corrected chi connectivity index (χ4v) is 4.95. The molecule has 1 heterocycles. The van der Waals surface area contributed by atoms with Crippen LogP contribution in [-0.2, 0) is 9.59 Å². The number of ether oxygens (including phenoxy) is 2. The molecule has 0 aliphatic carbocycles. The lowest BCUT2D eigenvalue weighted by Gasteiger charge is -2.14. The second-order valence-corrected chi connectivity index (χ2v) is 9.68. The summed E-state index contributed by atoms with van der Waals surface area (Å²) in [5.41, 5.74) is 3.90. The van der Waals surface area contributed by atoms with Crippen molar-refractivity contribution < 1.29 is 23.5 Å². The maximum Gasteiger partial charge on any atom is 0.270 e. The molecule has 0 unspecified atom stereocenters. The molecule has 2 amide bonds. The van der Waals surface area contributed by atoms with E-state index >= 15 is 0 Å². The molecule has 3 aromatic rings. The number of para-hydroxylation sites is 1. The molecule has 36 heavy (non-hydrogen) atoms. The van der Waals surface area contributed by atoms with Gasteiger partial charge in [0.05, 0.1) is 17.7 Å². The van der Waals surface area contributed by atoms with E-state index in [9.17, 15) is 14.0 Å². The lowest BCUT2D eigenvalue weighted by Crippen LogP contribution is -2.27. The van der Waals surface area contributed by atoms with E-state index in [0.29, 0.717) is 32.0 Å². The summed E-state index contributed by atoms with van der Waals surface area (Å²) in [6.07, 6.45) is 1.70. The second kappa shape index (κ2) is 10.9. The van der Waals surface area contributed by atoms with Crippen molar-refractivity contribution in [3.8, 4) is 11.5 Å². The van der Waals surface area contributed by atoms with Crippen LogP contribution >= 0.6 is 24.0 Å². The van der Waals surface area contributed by atoms with Gasteiger partial charge in [0.1, 0.15) is 5.82 Å². The van der Waals surface area contributed by atoms with Crippen LogP contribution in [0.25, 0.3) is 6.08 Å². The van der Waals surface area contributed by atoms with E-state index in [1.54, 1.807) is 24.3 Å². The number of benzene rings is 3. The largest absolute Gasteiger partial charge is 0.493 e. The van der Waals surface area contributed by atoms with Crippen molar-refractivity contribution in [2.24, 2.45) is 0 Å². The van der Waals surface area contributed by atoms with Crippen LogP contribution in [0.5, 0.6) is 11.5 Å². The number of hydrogen-bond donors (Lipinski definition) is 1. The van der Waals surface area contributed by atoms with Gasteiger partial charge in [-0.1, -0.05) is 48.2 Å². The van der Waals surface area contributed by atoms with Crippen LogP contribution in [0.3, 0.4) is 0 Å². The third-order valence-corrected chi connectivity index (χ3v) is 6.77. The first-order chi connectivity index (χ1) is 17.3. The molecule has 0 spiro atoms. The summed E-state index contributed by atoms with van der Waals surface area (Å²) < 4.78 is 24.8. The molecule has 9 heteroatoms. The smallest absolute Gasteiger partial charge is 0.270 e. The van der Waals surface area contributed by atoms with E-state index in [4.69, 9.17) is 21.7 Å². The van der Waals surface area contributed by atoms with Crippen LogP contribution in [-0.4, -0.2) is 29.9 Å². The summed E-state index contributed by atoms with van der Waals surface area (Å²) in [4.78, 5) is 27.2. The highest BCUT2D eigenvalue weighted by atomic mass is 32.2. The van der Waals surface area contributed by atoms with Crippen LogP contribution in [0, 0.1) is 19.7 Å².